The molecular formula is C15H26N2O2S2. The quantitative estimate of drug-likeness (QED) is 0.872. The Kier molecular flexibility index (Phi) is 5.46. The van der Waals surface area contributed by atoms with E-state index in [9.17, 15) is 8.42 Å². The minimum absolute atomic E-state index is 0.482. The Balaban J connectivity index is 2.26. The van der Waals surface area contributed by atoms with E-state index < -0.39 is 10.0 Å². The topological polar surface area (TPSA) is 49.4 Å². The molecule has 1 saturated heterocycles. The number of hydrogen-bond acceptors (Lipinski definition) is 4. The monoisotopic (exact) mass is 330 g/mol. The van der Waals surface area contributed by atoms with E-state index in [0.29, 0.717) is 36.4 Å². The molecule has 6 heteroatoms. The van der Waals surface area contributed by atoms with Gasteiger partial charge in [0, 0.05) is 24.5 Å². The SMILES string of the molecule is CCNCc1scc(C)c1S(=O)(=O)N1CCC(C(C)C)C1. The van der Waals surface area contributed by atoms with E-state index in [1.54, 1.807) is 15.6 Å². The average molecular weight is 331 g/mol. The Morgan fingerprint density at radius 2 is 2.19 bits per heavy atom. The van der Waals surface area contributed by atoms with Crippen molar-refractivity contribution in [1.82, 2.24) is 9.62 Å². The fraction of sp³-hybridized carbons (Fsp3) is 0.733. The first-order chi connectivity index (χ1) is 9.87. The second-order valence-corrected chi connectivity index (χ2v) is 8.95. The van der Waals surface area contributed by atoms with Gasteiger partial charge in [0.2, 0.25) is 10.0 Å². The standard InChI is InChI=1S/C15H26N2O2S2/c1-5-16-8-14-15(12(4)10-20-14)21(18,19)17-7-6-13(9-17)11(2)3/h10-11,13,16H,5-9H2,1-4H3. The number of hydrogen-bond donors (Lipinski definition) is 1. The van der Waals surface area contributed by atoms with E-state index in [2.05, 4.69) is 19.2 Å². The fourth-order valence-electron chi connectivity index (χ4n) is 2.84. The maximum atomic E-state index is 13.0. The van der Waals surface area contributed by atoms with Crippen LogP contribution in [0.25, 0.3) is 0 Å². The number of aryl methyl sites for hydroxylation is 1. The summed E-state index contributed by atoms with van der Waals surface area (Å²) in [5, 5.41) is 5.19. The van der Waals surface area contributed by atoms with Gasteiger partial charge in [-0.25, -0.2) is 8.42 Å². The molecule has 1 aromatic rings. The number of nitrogens with zero attached hydrogens (tertiary/aromatic N) is 1. The molecule has 21 heavy (non-hydrogen) atoms. The van der Waals surface area contributed by atoms with Crippen molar-refractivity contribution < 1.29 is 8.42 Å². The summed E-state index contributed by atoms with van der Waals surface area (Å²) in [7, 11) is -3.35. The van der Waals surface area contributed by atoms with Crippen molar-refractivity contribution in [2.24, 2.45) is 11.8 Å². The molecule has 0 bridgehead atoms. The Labute approximate surface area is 132 Å². The minimum Gasteiger partial charge on any atom is -0.312 e. The summed E-state index contributed by atoms with van der Waals surface area (Å²) in [5.74, 6) is 1.02. The molecule has 4 nitrogen and oxygen atoms in total. The van der Waals surface area contributed by atoms with Crippen LogP contribution >= 0.6 is 11.3 Å². The van der Waals surface area contributed by atoms with Crippen LogP contribution in [0.2, 0.25) is 0 Å². The summed E-state index contributed by atoms with van der Waals surface area (Å²) < 4.78 is 27.6. The Morgan fingerprint density at radius 1 is 1.48 bits per heavy atom. The second-order valence-electron chi connectivity index (χ2n) is 6.11. The Hall–Kier alpha value is -0.430. The van der Waals surface area contributed by atoms with Gasteiger partial charge in [-0.3, -0.25) is 0 Å². The molecule has 0 amide bonds. The molecule has 1 atom stereocenters. The first kappa shape index (κ1) is 16.9. The zero-order valence-electron chi connectivity index (χ0n) is 13.3. The maximum Gasteiger partial charge on any atom is 0.244 e. The fourth-order valence-corrected chi connectivity index (χ4v) is 6.08. The first-order valence-electron chi connectivity index (χ1n) is 7.65. The van der Waals surface area contributed by atoms with Gasteiger partial charge in [0.05, 0.1) is 0 Å². The van der Waals surface area contributed by atoms with Gasteiger partial charge in [0.1, 0.15) is 4.90 Å². The number of sulfonamides is 1. The maximum absolute atomic E-state index is 13.0. The molecule has 1 unspecified atom stereocenters. The highest BCUT2D eigenvalue weighted by atomic mass is 32.2. The highest BCUT2D eigenvalue weighted by Gasteiger charge is 2.36. The van der Waals surface area contributed by atoms with Gasteiger partial charge in [-0.05, 0) is 42.7 Å². The molecule has 0 spiro atoms. The second kappa shape index (κ2) is 6.77. The van der Waals surface area contributed by atoms with Crippen LogP contribution < -0.4 is 5.32 Å². The third-order valence-corrected chi connectivity index (χ3v) is 7.58. The smallest absolute Gasteiger partial charge is 0.244 e. The predicted octanol–water partition coefficient (Wildman–Crippen LogP) is 2.83. The van der Waals surface area contributed by atoms with Crippen molar-refractivity contribution in [2.45, 2.75) is 45.6 Å². The van der Waals surface area contributed by atoms with E-state index in [-0.39, 0.29) is 0 Å². The van der Waals surface area contributed by atoms with Crippen molar-refractivity contribution in [3.8, 4) is 0 Å². The summed E-state index contributed by atoms with van der Waals surface area (Å²) in [5.41, 5.74) is 0.876. The zero-order valence-corrected chi connectivity index (χ0v) is 15.0. The molecule has 0 aromatic carbocycles. The van der Waals surface area contributed by atoms with Gasteiger partial charge in [0.25, 0.3) is 0 Å². The molecule has 2 rings (SSSR count). The van der Waals surface area contributed by atoms with Gasteiger partial charge >= 0.3 is 0 Å². The third-order valence-electron chi connectivity index (χ3n) is 4.25. The van der Waals surface area contributed by atoms with Gasteiger partial charge in [-0.15, -0.1) is 11.3 Å². The Bertz CT molecular complexity index is 578. The molecular weight excluding hydrogens is 304 g/mol. The molecule has 1 aliphatic heterocycles. The molecule has 1 aliphatic rings. The molecule has 120 valence electrons. The van der Waals surface area contributed by atoms with Crippen LogP contribution in [-0.4, -0.2) is 32.4 Å². The minimum atomic E-state index is -3.35. The van der Waals surface area contributed by atoms with Crippen LogP contribution in [0, 0.1) is 18.8 Å². The molecule has 0 saturated carbocycles. The van der Waals surface area contributed by atoms with Gasteiger partial charge < -0.3 is 5.32 Å². The molecule has 2 heterocycles. The largest absolute Gasteiger partial charge is 0.312 e. The lowest BCUT2D eigenvalue weighted by atomic mass is 9.96. The average Bonchev–Trinajstić information content (AvgIpc) is 3.03. The predicted molar refractivity (Wildman–Crippen MR) is 88.1 cm³/mol. The highest BCUT2D eigenvalue weighted by molar-refractivity contribution is 7.89. The van der Waals surface area contributed by atoms with Gasteiger partial charge in [-0.2, -0.15) is 4.31 Å². The van der Waals surface area contributed by atoms with Crippen LogP contribution in [0.3, 0.4) is 0 Å². The van der Waals surface area contributed by atoms with Crippen molar-refractivity contribution in [3.63, 3.8) is 0 Å². The zero-order chi connectivity index (χ0) is 15.6. The lowest BCUT2D eigenvalue weighted by molar-refractivity contribution is 0.388. The summed E-state index contributed by atoms with van der Waals surface area (Å²) in [6.45, 7) is 11.1. The number of nitrogens with one attached hydrogen (secondary N) is 1. The van der Waals surface area contributed by atoms with Gasteiger partial charge in [-0.1, -0.05) is 20.8 Å². The van der Waals surface area contributed by atoms with Crippen LogP contribution in [0.1, 0.15) is 37.6 Å². The Morgan fingerprint density at radius 3 is 2.76 bits per heavy atom. The molecule has 0 radical (unpaired) electrons. The van der Waals surface area contributed by atoms with E-state index in [1.165, 1.54) is 0 Å². The van der Waals surface area contributed by atoms with Crippen LogP contribution in [0.15, 0.2) is 10.3 Å². The van der Waals surface area contributed by atoms with Crippen LogP contribution in [-0.2, 0) is 16.6 Å². The molecule has 1 N–H and O–H groups in total. The summed E-state index contributed by atoms with van der Waals surface area (Å²) in [6.07, 6.45) is 0.975. The number of thiophene rings is 1. The van der Waals surface area contributed by atoms with Crippen molar-refractivity contribution in [1.29, 1.82) is 0 Å². The van der Waals surface area contributed by atoms with E-state index in [1.807, 2.05) is 19.2 Å². The normalized spacial score (nSPS) is 20.5. The molecule has 1 fully saturated rings. The summed E-state index contributed by atoms with van der Waals surface area (Å²) >= 11 is 1.54. The first-order valence-corrected chi connectivity index (χ1v) is 9.97. The lowest BCUT2D eigenvalue weighted by Crippen LogP contribution is -2.30. The van der Waals surface area contributed by atoms with E-state index in [0.717, 1.165) is 23.4 Å². The van der Waals surface area contributed by atoms with Crippen LogP contribution in [0.5, 0.6) is 0 Å². The van der Waals surface area contributed by atoms with E-state index >= 15 is 0 Å². The molecule has 1 aromatic heterocycles. The summed E-state index contributed by atoms with van der Waals surface area (Å²) in [6, 6.07) is 0. The van der Waals surface area contributed by atoms with E-state index in [4.69, 9.17) is 0 Å². The third kappa shape index (κ3) is 3.50. The molecule has 0 aliphatic carbocycles. The summed E-state index contributed by atoms with van der Waals surface area (Å²) in [4.78, 5) is 1.47. The van der Waals surface area contributed by atoms with Crippen molar-refractivity contribution in [3.05, 3.63) is 15.8 Å². The van der Waals surface area contributed by atoms with Crippen molar-refractivity contribution in [2.75, 3.05) is 19.6 Å². The highest BCUT2D eigenvalue weighted by Crippen LogP contribution is 2.33. The van der Waals surface area contributed by atoms with Gasteiger partial charge in [0.15, 0.2) is 0 Å². The number of rotatable bonds is 6. The lowest BCUT2D eigenvalue weighted by Gasteiger charge is -2.19. The van der Waals surface area contributed by atoms with Crippen molar-refractivity contribution >= 4 is 21.4 Å². The van der Waals surface area contributed by atoms with Crippen LogP contribution in [0.4, 0.5) is 0 Å².